The lowest BCUT2D eigenvalue weighted by atomic mass is 9.78. The zero-order chi connectivity index (χ0) is 19.6. The van der Waals surface area contributed by atoms with Crippen molar-refractivity contribution in [2.45, 2.75) is 44.9 Å². The van der Waals surface area contributed by atoms with Gasteiger partial charge in [0.05, 0.1) is 11.0 Å². The van der Waals surface area contributed by atoms with Crippen LogP contribution in [0.5, 0.6) is 11.5 Å². The third-order valence-corrected chi connectivity index (χ3v) is 5.71. The maximum absolute atomic E-state index is 12.7. The number of rotatable bonds is 4. The molecule has 27 heavy (non-hydrogen) atoms. The topological polar surface area (TPSA) is 121 Å². The van der Waals surface area contributed by atoms with E-state index in [1.807, 2.05) is 0 Å². The van der Waals surface area contributed by atoms with Crippen molar-refractivity contribution in [1.29, 1.82) is 0 Å². The van der Waals surface area contributed by atoms with Gasteiger partial charge >= 0.3 is 0 Å². The van der Waals surface area contributed by atoms with Crippen LogP contribution in [0.25, 0.3) is 0 Å². The lowest BCUT2D eigenvalue weighted by Gasteiger charge is -2.33. The molecule has 0 bridgehead atoms. The molecule has 1 saturated carbocycles. The molecule has 1 heterocycles. The van der Waals surface area contributed by atoms with Crippen LogP contribution in [0.15, 0.2) is 12.1 Å². The highest BCUT2D eigenvalue weighted by Crippen LogP contribution is 2.35. The van der Waals surface area contributed by atoms with Gasteiger partial charge in [-0.25, -0.2) is 0 Å². The van der Waals surface area contributed by atoms with E-state index in [0.29, 0.717) is 31.7 Å². The maximum Gasteiger partial charge on any atom is 0.286 e. The molecule has 0 aromatic heterocycles. The molecule has 3 rings (SSSR count). The van der Waals surface area contributed by atoms with Crippen LogP contribution in [0.2, 0.25) is 0 Å². The second kappa shape index (κ2) is 7.94. The number of nitrogens with zero attached hydrogens (tertiary/aromatic N) is 2. The van der Waals surface area contributed by atoms with Gasteiger partial charge < -0.3 is 15.1 Å². The predicted octanol–water partition coefficient (Wildman–Crippen LogP) is 3.01. The number of hydrogen-bond acceptors (Lipinski definition) is 6. The van der Waals surface area contributed by atoms with Crippen LogP contribution in [0.3, 0.4) is 0 Å². The van der Waals surface area contributed by atoms with E-state index in [9.17, 15) is 29.9 Å². The van der Waals surface area contributed by atoms with Crippen molar-refractivity contribution >= 4 is 17.4 Å². The third kappa shape index (κ3) is 4.04. The van der Waals surface area contributed by atoms with Crippen LogP contribution in [0.4, 0.5) is 5.69 Å². The second-order valence-corrected chi connectivity index (χ2v) is 7.42. The summed E-state index contributed by atoms with van der Waals surface area (Å²) in [6, 6.07) is 1.71. The molecule has 0 radical (unpaired) electrons. The molecule has 8 nitrogen and oxygen atoms in total. The molecular formula is C19H24N2O6. The number of phenols is 2. The molecule has 0 spiro atoms. The Balaban J connectivity index is 1.67. The van der Waals surface area contributed by atoms with Crippen molar-refractivity contribution in [3.8, 4) is 11.5 Å². The van der Waals surface area contributed by atoms with Crippen LogP contribution in [-0.4, -0.2) is 44.8 Å². The lowest BCUT2D eigenvalue weighted by molar-refractivity contribution is -0.385. The number of Topliss-reactive ketones (excluding diaryl/α,β-unsaturated/α-hetero) is 1. The van der Waals surface area contributed by atoms with Crippen molar-refractivity contribution in [2.24, 2.45) is 11.8 Å². The number of nitro groups is 1. The molecule has 2 fully saturated rings. The Morgan fingerprint density at radius 3 is 2.11 bits per heavy atom. The summed E-state index contributed by atoms with van der Waals surface area (Å²) in [6.45, 7) is 0.696. The van der Waals surface area contributed by atoms with Gasteiger partial charge in [-0.05, 0) is 25.7 Å². The summed E-state index contributed by atoms with van der Waals surface area (Å²) in [7, 11) is 0. The molecule has 1 aromatic rings. The SMILES string of the molecule is O=C(C1CCCCC1)C1CCN(C(=O)c2cc(O)c(O)cc2[N+](=O)[O-])CC1. The fourth-order valence-electron chi connectivity index (χ4n) is 4.15. The molecule has 1 aromatic carbocycles. The Bertz CT molecular complexity index is 749. The predicted molar refractivity (Wildman–Crippen MR) is 96.6 cm³/mol. The molecule has 2 N–H and O–H groups in total. The number of phenolic OH excluding ortho intramolecular Hbond substituents is 2. The molecule has 2 aliphatic rings. The number of benzene rings is 1. The summed E-state index contributed by atoms with van der Waals surface area (Å²) in [5, 5.41) is 30.3. The number of hydrogen-bond donors (Lipinski definition) is 2. The summed E-state index contributed by atoms with van der Waals surface area (Å²) >= 11 is 0. The minimum absolute atomic E-state index is 0.0552. The Kier molecular flexibility index (Phi) is 5.62. The molecule has 1 aliphatic heterocycles. The van der Waals surface area contributed by atoms with Crippen molar-refractivity contribution < 1.29 is 24.7 Å². The van der Waals surface area contributed by atoms with Gasteiger partial charge in [0.1, 0.15) is 11.3 Å². The monoisotopic (exact) mass is 376 g/mol. The van der Waals surface area contributed by atoms with Crippen molar-refractivity contribution in [1.82, 2.24) is 4.90 Å². The summed E-state index contributed by atoms with van der Waals surface area (Å²) in [6.07, 6.45) is 6.41. The van der Waals surface area contributed by atoms with Crippen molar-refractivity contribution in [3.63, 3.8) is 0 Å². The standard InChI is InChI=1S/C19H24N2O6/c22-16-10-14(15(21(26)27)11-17(16)23)19(25)20-8-6-13(7-9-20)18(24)12-4-2-1-3-5-12/h10-13,22-23H,1-9H2. The van der Waals surface area contributed by atoms with Gasteiger partial charge in [-0.15, -0.1) is 0 Å². The first-order chi connectivity index (χ1) is 12.9. The highest BCUT2D eigenvalue weighted by molar-refractivity contribution is 5.99. The first kappa shape index (κ1) is 19.1. The van der Waals surface area contributed by atoms with Crippen LogP contribution >= 0.6 is 0 Å². The molecule has 1 amide bonds. The fraction of sp³-hybridized carbons (Fsp3) is 0.579. The van der Waals surface area contributed by atoms with Crippen LogP contribution < -0.4 is 0 Å². The third-order valence-electron chi connectivity index (χ3n) is 5.71. The zero-order valence-corrected chi connectivity index (χ0v) is 15.1. The number of likely N-dealkylation sites (tertiary alicyclic amines) is 1. The minimum Gasteiger partial charge on any atom is -0.504 e. The van der Waals surface area contributed by atoms with Gasteiger partial charge in [-0.1, -0.05) is 19.3 Å². The number of piperidine rings is 1. The second-order valence-electron chi connectivity index (χ2n) is 7.42. The van der Waals surface area contributed by atoms with E-state index >= 15 is 0 Å². The highest BCUT2D eigenvalue weighted by Gasteiger charge is 2.34. The summed E-state index contributed by atoms with van der Waals surface area (Å²) in [5.41, 5.74) is -0.803. The van der Waals surface area contributed by atoms with E-state index in [4.69, 9.17) is 0 Å². The van der Waals surface area contributed by atoms with E-state index in [-0.39, 0.29) is 17.4 Å². The fourth-order valence-corrected chi connectivity index (χ4v) is 4.15. The average Bonchev–Trinajstić information content (AvgIpc) is 2.69. The molecule has 1 saturated heterocycles. The van der Waals surface area contributed by atoms with Crippen LogP contribution in [0, 0.1) is 22.0 Å². The number of nitro benzene ring substituents is 1. The summed E-state index contributed by atoms with van der Waals surface area (Å²) < 4.78 is 0. The van der Waals surface area contributed by atoms with Crippen LogP contribution in [-0.2, 0) is 4.79 Å². The molecule has 0 atom stereocenters. The Hall–Kier alpha value is -2.64. The van der Waals surface area contributed by atoms with E-state index in [0.717, 1.165) is 37.8 Å². The first-order valence-electron chi connectivity index (χ1n) is 9.42. The number of carbonyl (C=O) groups excluding carboxylic acids is 2. The van der Waals surface area contributed by atoms with Gasteiger partial charge in [-0.3, -0.25) is 19.7 Å². The van der Waals surface area contributed by atoms with Crippen molar-refractivity contribution in [3.05, 3.63) is 27.8 Å². The Morgan fingerprint density at radius 2 is 1.52 bits per heavy atom. The van der Waals surface area contributed by atoms with Crippen LogP contribution in [0.1, 0.15) is 55.3 Å². The minimum atomic E-state index is -0.758. The van der Waals surface area contributed by atoms with Gasteiger partial charge in [0, 0.05) is 31.0 Å². The number of ketones is 1. The zero-order valence-electron chi connectivity index (χ0n) is 15.1. The average molecular weight is 376 g/mol. The maximum atomic E-state index is 12.7. The van der Waals surface area contributed by atoms with Crippen molar-refractivity contribution in [2.75, 3.05) is 13.1 Å². The molecule has 1 aliphatic carbocycles. The Labute approximate surface area is 156 Å². The molecule has 8 heteroatoms. The van der Waals surface area contributed by atoms with E-state index in [1.54, 1.807) is 0 Å². The lowest BCUT2D eigenvalue weighted by Crippen LogP contribution is -2.41. The van der Waals surface area contributed by atoms with E-state index in [1.165, 1.54) is 11.3 Å². The largest absolute Gasteiger partial charge is 0.504 e. The number of carbonyl (C=O) groups is 2. The van der Waals surface area contributed by atoms with E-state index < -0.39 is 28.0 Å². The summed E-state index contributed by atoms with van der Waals surface area (Å²) in [4.78, 5) is 37.3. The molecule has 146 valence electrons. The smallest absolute Gasteiger partial charge is 0.286 e. The van der Waals surface area contributed by atoms with E-state index in [2.05, 4.69) is 0 Å². The Morgan fingerprint density at radius 1 is 0.963 bits per heavy atom. The quantitative estimate of drug-likeness (QED) is 0.473. The van der Waals surface area contributed by atoms with Gasteiger partial charge in [0.25, 0.3) is 11.6 Å². The molecule has 0 unspecified atom stereocenters. The van der Waals surface area contributed by atoms with Gasteiger partial charge in [0.15, 0.2) is 11.5 Å². The van der Waals surface area contributed by atoms with Gasteiger partial charge in [0.2, 0.25) is 0 Å². The highest BCUT2D eigenvalue weighted by atomic mass is 16.6. The normalized spacial score (nSPS) is 19.0. The number of amides is 1. The van der Waals surface area contributed by atoms with Gasteiger partial charge in [-0.2, -0.15) is 0 Å². The molecular weight excluding hydrogens is 352 g/mol. The summed E-state index contributed by atoms with van der Waals surface area (Å²) in [5.74, 6) is -1.40. The number of aromatic hydroxyl groups is 2. The first-order valence-corrected chi connectivity index (χ1v) is 9.42.